The topological polar surface area (TPSA) is 56.6 Å². The number of hydrogen-bond donors (Lipinski definition) is 1. The van der Waals surface area contributed by atoms with E-state index in [1.165, 1.54) is 12.1 Å². The van der Waals surface area contributed by atoms with Gasteiger partial charge in [0, 0.05) is 47.9 Å². The van der Waals surface area contributed by atoms with Gasteiger partial charge in [0.25, 0.3) is 0 Å². The highest BCUT2D eigenvalue weighted by Crippen LogP contribution is 2.34. The van der Waals surface area contributed by atoms with E-state index in [9.17, 15) is 9.18 Å². The van der Waals surface area contributed by atoms with Crippen molar-refractivity contribution in [3.63, 3.8) is 0 Å². The molecule has 5 rings (SSSR count). The summed E-state index contributed by atoms with van der Waals surface area (Å²) >= 11 is 3.44. The van der Waals surface area contributed by atoms with Gasteiger partial charge < -0.3 is 20.0 Å². The van der Waals surface area contributed by atoms with Crippen molar-refractivity contribution in [2.75, 3.05) is 42.9 Å². The molecule has 1 N–H and O–H groups in total. The summed E-state index contributed by atoms with van der Waals surface area (Å²) in [5, 5.41) is 7.91. The number of anilines is 2. The molecule has 1 aliphatic heterocycles. The summed E-state index contributed by atoms with van der Waals surface area (Å²) in [7, 11) is 0. The number of halogens is 2. The van der Waals surface area contributed by atoms with Crippen LogP contribution in [-0.4, -0.2) is 64.4 Å². The van der Waals surface area contributed by atoms with E-state index in [-0.39, 0.29) is 17.9 Å². The number of benzene rings is 2. The van der Waals surface area contributed by atoms with Gasteiger partial charge in [-0.3, -0.25) is 0 Å². The summed E-state index contributed by atoms with van der Waals surface area (Å²) < 4.78 is 17.0. The number of likely N-dealkylation sites (N-methyl/N-ethyl adjacent to an activating group) is 1. The summed E-state index contributed by atoms with van der Waals surface area (Å²) in [6.45, 7) is 9.27. The predicted molar refractivity (Wildman–Crippen MR) is 144 cm³/mol. The van der Waals surface area contributed by atoms with Gasteiger partial charge in [-0.1, -0.05) is 28.9 Å². The standard InChI is InChI=1S/C27H32BrFN6O/c1-3-32-13-15-33(16-14-32)26-25(19(2)31-35(26)24-6-4-5-21(29)17-24)18-34(23-11-12-23)27(36)30-22-9-7-20(28)8-10-22/h4-10,17,23H,3,11-16,18H2,1-2H3,(H,30,36). The first kappa shape index (κ1) is 24.8. The van der Waals surface area contributed by atoms with Gasteiger partial charge in [0.05, 0.1) is 17.9 Å². The zero-order valence-corrected chi connectivity index (χ0v) is 22.3. The Morgan fingerprint density at radius 1 is 1.14 bits per heavy atom. The van der Waals surface area contributed by atoms with E-state index in [1.807, 2.05) is 46.8 Å². The van der Waals surface area contributed by atoms with Gasteiger partial charge in [0.2, 0.25) is 0 Å². The molecule has 0 spiro atoms. The van der Waals surface area contributed by atoms with E-state index in [1.54, 1.807) is 6.07 Å². The first-order valence-electron chi connectivity index (χ1n) is 12.6. The van der Waals surface area contributed by atoms with E-state index in [0.717, 1.165) is 72.8 Å². The second-order valence-electron chi connectivity index (χ2n) is 9.50. The Morgan fingerprint density at radius 2 is 1.86 bits per heavy atom. The number of carbonyl (C=O) groups excluding carboxylic acids is 1. The van der Waals surface area contributed by atoms with E-state index >= 15 is 0 Å². The van der Waals surface area contributed by atoms with Crippen LogP contribution in [0.2, 0.25) is 0 Å². The van der Waals surface area contributed by atoms with E-state index in [4.69, 9.17) is 5.10 Å². The lowest BCUT2D eigenvalue weighted by atomic mass is 10.2. The molecule has 3 aromatic rings. The number of amides is 2. The molecule has 1 aromatic heterocycles. The Bertz CT molecular complexity index is 1220. The number of aromatic nitrogens is 2. The minimum atomic E-state index is -0.294. The van der Waals surface area contributed by atoms with Crippen LogP contribution in [0.15, 0.2) is 53.0 Å². The van der Waals surface area contributed by atoms with Crippen LogP contribution in [0.3, 0.4) is 0 Å². The Labute approximate surface area is 220 Å². The Kier molecular flexibility index (Phi) is 7.29. The molecular weight excluding hydrogens is 523 g/mol. The highest BCUT2D eigenvalue weighted by atomic mass is 79.9. The highest BCUT2D eigenvalue weighted by Gasteiger charge is 2.35. The molecule has 0 atom stereocenters. The molecule has 2 heterocycles. The lowest BCUT2D eigenvalue weighted by Crippen LogP contribution is -2.47. The van der Waals surface area contributed by atoms with Crippen LogP contribution in [0.1, 0.15) is 31.0 Å². The van der Waals surface area contributed by atoms with Crippen molar-refractivity contribution in [1.82, 2.24) is 19.6 Å². The van der Waals surface area contributed by atoms with Crippen LogP contribution in [0.5, 0.6) is 0 Å². The molecule has 7 nitrogen and oxygen atoms in total. The summed E-state index contributed by atoms with van der Waals surface area (Å²) in [4.78, 5) is 20.1. The van der Waals surface area contributed by atoms with Crippen molar-refractivity contribution < 1.29 is 9.18 Å². The lowest BCUT2D eigenvalue weighted by Gasteiger charge is -2.36. The van der Waals surface area contributed by atoms with Gasteiger partial charge in [-0.2, -0.15) is 5.10 Å². The van der Waals surface area contributed by atoms with Crippen molar-refractivity contribution >= 4 is 33.5 Å². The van der Waals surface area contributed by atoms with Gasteiger partial charge in [-0.25, -0.2) is 13.9 Å². The second-order valence-corrected chi connectivity index (χ2v) is 10.4. The zero-order valence-electron chi connectivity index (χ0n) is 20.8. The number of carbonyl (C=O) groups is 1. The number of urea groups is 1. The highest BCUT2D eigenvalue weighted by molar-refractivity contribution is 9.10. The third-order valence-corrected chi connectivity index (χ3v) is 7.53. The molecule has 9 heteroatoms. The van der Waals surface area contributed by atoms with Gasteiger partial charge in [0.15, 0.2) is 0 Å². The van der Waals surface area contributed by atoms with Crippen LogP contribution in [0.25, 0.3) is 5.69 Å². The monoisotopic (exact) mass is 554 g/mol. The predicted octanol–water partition coefficient (Wildman–Crippen LogP) is 5.42. The molecule has 2 fully saturated rings. The molecule has 0 bridgehead atoms. The minimum Gasteiger partial charge on any atom is -0.354 e. The molecule has 2 amide bonds. The van der Waals surface area contributed by atoms with Gasteiger partial charge in [-0.15, -0.1) is 0 Å². The Morgan fingerprint density at radius 3 is 2.50 bits per heavy atom. The summed E-state index contributed by atoms with van der Waals surface area (Å²) in [6.07, 6.45) is 1.99. The number of aryl methyl sites for hydroxylation is 1. The lowest BCUT2D eigenvalue weighted by molar-refractivity contribution is 0.206. The minimum absolute atomic E-state index is 0.112. The van der Waals surface area contributed by atoms with Crippen LogP contribution >= 0.6 is 15.9 Å². The quantitative estimate of drug-likeness (QED) is 0.423. The largest absolute Gasteiger partial charge is 0.354 e. The van der Waals surface area contributed by atoms with Crippen LogP contribution in [0.4, 0.5) is 20.7 Å². The average molecular weight is 555 g/mol. The molecule has 36 heavy (non-hydrogen) atoms. The zero-order chi connectivity index (χ0) is 25.2. The summed E-state index contributed by atoms with van der Waals surface area (Å²) in [5.74, 6) is 0.661. The molecule has 0 unspecified atom stereocenters. The first-order valence-corrected chi connectivity index (χ1v) is 13.4. The van der Waals surface area contributed by atoms with E-state index in [0.29, 0.717) is 12.2 Å². The van der Waals surface area contributed by atoms with E-state index in [2.05, 4.69) is 38.0 Å². The smallest absolute Gasteiger partial charge is 0.322 e. The number of rotatable bonds is 7. The van der Waals surface area contributed by atoms with Gasteiger partial charge in [-0.05, 0) is 68.8 Å². The number of nitrogens with zero attached hydrogens (tertiary/aromatic N) is 5. The fourth-order valence-electron chi connectivity index (χ4n) is 4.77. The normalized spacial score (nSPS) is 16.3. The number of nitrogens with one attached hydrogen (secondary N) is 1. The van der Waals surface area contributed by atoms with E-state index < -0.39 is 0 Å². The van der Waals surface area contributed by atoms with Crippen molar-refractivity contribution in [2.24, 2.45) is 0 Å². The van der Waals surface area contributed by atoms with Gasteiger partial charge >= 0.3 is 6.03 Å². The second kappa shape index (κ2) is 10.6. The average Bonchev–Trinajstić information content (AvgIpc) is 3.67. The third-order valence-electron chi connectivity index (χ3n) is 7.00. The van der Waals surface area contributed by atoms with Crippen molar-refractivity contribution in [3.8, 4) is 5.69 Å². The Hall–Kier alpha value is -2.91. The molecule has 1 aliphatic carbocycles. The van der Waals surface area contributed by atoms with Crippen molar-refractivity contribution in [1.29, 1.82) is 0 Å². The summed E-state index contributed by atoms with van der Waals surface area (Å²) in [6, 6.07) is 14.3. The fourth-order valence-corrected chi connectivity index (χ4v) is 5.04. The molecule has 2 aliphatic rings. The van der Waals surface area contributed by atoms with Crippen LogP contribution in [0, 0.1) is 12.7 Å². The summed E-state index contributed by atoms with van der Waals surface area (Å²) in [5.41, 5.74) is 3.32. The number of hydrogen-bond acceptors (Lipinski definition) is 4. The SMILES string of the molecule is CCN1CCN(c2c(CN(C(=O)Nc3ccc(Br)cc3)C3CC3)c(C)nn2-c2cccc(F)c2)CC1. The molecule has 1 saturated carbocycles. The molecule has 0 radical (unpaired) electrons. The maximum atomic E-state index is 14.2. The molecule has 190 valence electrons. The van der Waals surface area contributed by atoms with Gasteiger partial charge in [0.1, 0.15) is 11.6 Å². The molecule has 2 aromatic carbocycles. The van der Waals surface area contributed by atoms with Crippen LogP contribution < -0.4 is 10.2 Å². The molecular formula is C27H32BrFN6O. The number of piperazine rings is 1. The maximum absolute atomic E-state index is 14.2. The van der Waals surface area contributed by atoms with Crippen LogP contribution in [-0.2, 0) is 6.54 Å². The maximum Gasteiger partial charge on any atom is 0.322 e. The first-order chi connectivity index (χ1) is 17.4. The van der Waals surface area contributed by atoms with Crippen molar-refractivity contribution in [2.45, 2.75) is 39.3 Å². The Balaban J connectivity index is 1.48. The third kappa shape index (κ3) is 5.42. The van der Waals surface area contributed by atoms with Crippen molar-refractivity contribution in [3.05, 3.63) is 70.1 Å². The molecule has 1 saturated heterocycles. The fraction of sp³-hybridized carbons (Fsp3) is 0.407.